The number of aromatic nitrogens is 2. The molecule has 0 amide bonds. The number of hydrogen-bond donors (Lipinski definition) is 0. The number of carbonyl (C=O) groups excluding carboxylic acids is 1. The summed E-state index contributed by atoms with van der Waals surface area (Å²) in [6, 6.07) is 17.7. The van der Waals surface area contributed by atoms with Crippen molar-refractivity contribution >= 4 is 23.6 Å². The smallest absolute Gasteiger partial charge is 0.213 e. The fourth-order valence-electron chi connectivity index (χ4n) is 5.24. The van der Waals surface area contributed by atoms with Crippen molar-refractivity contribution in [3.05, 3.63) is 118 Å². The SMILES string of the molecule is C=C(CN1CCC(c2cccc(OCc3ccc(Cl)cc3F)n2)CC1)N(Cc1cc(C)on1)c1cc([C-]=O)ccc1C.[U]. The third kappa shape index (κ3) is 8.57. The van der Waals surface area contributed by atoms with Gasteiger partial charge in [0.05, 0.1) is 12.8 Å². The molecule has 0 saturated carbocycles. The second-order valence-electron chi connectivity index (χ2n) is 10.7. The summed E-state index contributed by atoms with van der Waals surface area (Å²) in [7, 11) is 0. The Balaban J connectivity index is 0.00000423. The molecule has 2 aromatic heterocycles. The van der Waals surface area contributed by atoms with Crippen molar-refractivity contribution in [3.8, 4) is 5.88 Å². The molecule has 1 aliphatic rings. The van der Waals surface area contributed by atoms with E-state index in [2.05, 4.69) is 21.5 Å². The summed E-state index contributed by atoms with van der Waals surface area (Å²) in [5.41, 5.74) is 5.52. The van der Waals surface area contributed by atoms with Crippen molar-refractivity contribution < 1.29 is 49.6 Å². The van der Waals surface area contributed by atoms with E-state index in [4.69, 9.17) is 25.8 Å². The average molecular weight is 826 g/mol. The van der Waals surface area contributed by atoms with Crippen LogP contribution in [0, 0.1) is 50.8 Å². The molecule has 2 aromatic carbocycles. The van der Waals surface area contributed by atoms with E-state index >= 15 is 0 Å². The predicted octanol–water partition coefficient (Wildman–Crippen LogP) is 6.92. The second kappa shape index (κ2) is 15.2. The summed E-state index contributed by atoms with van der Waals surface area (Å²) in [6.07, 6.45) is 3.87. The third-order valence-corrected chi connectivity index (χ3v) is 7.78. The van der Waals surface area contributed by atoms with E-state index < -0.39 is 5.82 Å². The monoisotopic (exact) mass is 825 g/mol. The zero-order valence-corrected chi connectivity index (χ0v) is 29.2. The molecule has 0 N–H and O–H groups in total. The first-order valence-corrected chi connectivity index (χ1v) is 14.3. The minimum Gasteiger partial charge on any atom is -0.473 e. The van der Waals surface area contributed by atoms with Crippen molar-refractivity contribution in [1.82, 2.24) is 15.0 Å². The van der Waals surface area contributed by atoms with Gasteiger partial charge in [-0.1, -0.05) is 41.0 Å². The van der Waals surface area contributed by atoms with Crippen molar-refractivity contribution in [1.29, 1.82) is 0 Å². The largest absolute Gasteiger partial charge is 0.473 e. The summed E-state index contributed by atoms with van der Waals surface area (Å²) in [4.78, 5) is 20.6. The Morgan fingerprint density at radius 1 is 1.16 bits per heavy atom. The molecule has 0 spiro atoms. The van der Waals surface area contributed by atoms with Gasteiger partial charge in [0.2, 0.25) is 5.88 Å². The molecule has 0 unspecified atom stereocenters. The number of halogens is 2. The summed E-state index contributed by atoms with van der Waals surface area (Å²) >= 11 is 5.85. The molecule has 4 aromatic rings. The van der Waals surface area contributed by atoms with Crippen LogP contribution in [0.3, 0.4) is 0 Å². The number of hydrogen-bond acceptors (Lipinski definition) is 7. The van der Waals surface area contributed by atoms with Crippen LogP contribution in [0.2, 0.25) is 5.02 Å². The number of rotatable bonds is 11. The van der Waals surface area contributed by atoms with Gasteiger partial charge in [0.15, 0.2) is 0 Å². The molecular weight excluding hydrogens is 793 g/mol. The molecule has 1 fully saturated rings. The molecule has 1 aliphatic heterocycles. The van der Waals surface area contributed by atoms with Crippen LogP contribution in [0.25, 0.3) is 0 Å². The number of nitrogens with zero attached hydrogens (tertiary/aromatic N) is 4. The van der Waals surface area contributed by atoms with Crippen molar-refractivity contribution in [2.75, 3.05) is 24.5 Å². The van der Waals surface area contributed by atoms with E-state index in [1.807, 2.05) is 50.5 Å². The molecule has 0 atom stereocenters. The van der Waals surface area contributed by atoms with Crippen LogP contribution in [-0.2, 0) is 17.9 Å². The number of piperidine rings is 1. The van der Waals surface area contributed by atoms with E-state index in [9.17, 15) is 9.18 Å². The van der Waals surface area contributed by atoms with Crippen LogP contribution in [0.4, 0.5) is 10.1 Å². The summed E-state index contributed by atoms with van der Waals surface area (Å²) in [5, 5.41) is 4.53. The Morgan fingerprint density at radius 2 is 1.95 bits per heavy atom. The first-order valence-electron chi connectivity index (χ1n) is 13.9. The van der Waals surface area contributed by atoms with Gasteiger partial charge >= 0.3 is 0 Å². The van der Waals surface area contributed by atoms with Crippen molar-refractivity contribution in [3.63, 3.8) is 0 Å². The van der Waals surface area contributed by atoms with Crippen LogP contribution < -0.4 is 9.64 Å². The normalized spacial score (nSPS) is 13.8. The molecule has 0 aliphatic carbocycles. The van der Waals surface area contributed by atoms with E-state index in [0.717, 1.165) is 60.0 Å². The van der Waals surface area contributed by atoms with E-state index in [1.54, 1.807) is 24.3 Å². The van der Waals surface area contributed by atoms with Crippen molar-refractivity contribution in [2.24, 2.45) is 0 Å². The minimum atomic E-state index is -0.396. The predicted molar refractivity (Wildman–Crippen MR) is 161 cm³/mol. The van der Waals surface area contributed by atoms with Gasteiger partial charge < -0.3 is 19.0 Å². The molecule has 222 valence electrons. The van der Waals surface area contributed by atoms with Crippen molar-refractivity contribution in [2.45, 2.75) is 45.8 Å². The first-order chi connectivity index (χ1) is 20.3. The summed E-state index contributed by atoms with van der Waals surface area (Å²) < 4.78 is 25.2. The van der Waals surface area contributed by atoms with Gasteiger partial charge in [-0.25, -0.2) is 9.37 Å². The minimum absolute atomic E-state index is 0. The van der Waals surface area contributed by atoms with E-state index in [-0.39, 0.29) is 37.7 Å². The molecule has 1 saturated heterocycles. The Hall–Kier alpha value is -2.96. The Bertz CT molecular complexity index is 1570. The molecule has 10 heteroatoms. The van der Waals surface area contributed by atoms with Gasteiger partial charge in [-0.15, -0.1) is 17.7 Å². The van der Waals surface area contributed by atoms with E-state index in [0.29, 0.717) is 41.0 Å². The molecule has 3 heterocycles. The van der Waals surface area contributed by atoms with Gasteiger partial charge in [-0.2, -0.15) is 6.07 Å². The maximum Gasteiger partial charge on any atom is 0.213 e. The summed E-state index contributed by atoms with van der Waals surface area (Å²) in [5.74, 6) is 1.11. The summed E-state index contributed by atoms with van der Waals surface area (Å²) in [6.45, 7) is 11.3. The number of likely N-dealkylation sites (tertiary alicyclic amines) is 1. The Morgan fingerprint density at radius 3 is 2.65 bits per heavy atom. The standard InChI is InChI=1S/C33H33ClFN4O3.U/c1-22-7-8-25(20-40)16-32(22)39(19-29-15-24(3)42-37-29)23(2)18-38-13-11-26(12-14-38)31-5-4-6-33(36-31)41-21-27-9-10-28(34)17-30(27)35;/h4-10,15-17,26H,2,11-14,18-19,21H2,1,3H3;/q-1;. The molecule has 43 heavy (non-hydrogen) atoms. The fraction of sp³-hybridized carbons (Fsp3) is 0.303. The molecule has 7 nitrogen and oxygen atoms in total. The van der Waals surface area contributed by atoms with Gasteiger partial charge in [0, 0.05) is 77.7 Å². The number of anilines is 1. The van der Waals surface area contributed by atoms with Gasteiger partial charge in [0.1, 0.15) is 23.9 Å². The van der Waals surface area contributed by atoms with Crippen LogP contribution >= 0.6 is 11.6 Å². The quantitative estimate of drug-likeness (QED) is 0.152. The number of pyridine rings is 1. The molecular formula is C33H33ClFN4O3U-. The Kier molecular flexibility index (Phi) is 11.6. The third-order valence-electron chi connectivity index (χ3n) is 7.54. The fourth-order valence-corrected chi connectivity index (χ4v) is 5.40. The van der Waals surface area contributed by atoms with Gasteiger partial charge in [-0.3, -0.25) is 4.90 Å². The second-order valence-corrected chi connectivity index (χ2v) is 11.1. The van der Waals surface area contributed by atoms with Crippen LogP contribution in [0.5, 0.6) is 5.88 Å². The number of benzene rings is 2. The maximum absolute atomic E-state index is 14.1. The maximum atomic E-state index is 14.1. The van der Waals surface area contributed by atoms with Crippen LogP contribution in [0.1, 0.15) is 52.6 Å². The van der Waals surface area contributed by atoms with Gasteiger partial charge in [-0.05, 0) is 63.7 Å². The van der Waals surface area contributed by atoms with Crippen LogP contribution in [-0.4, -0.2) is 41.0 Å². The molecule has 5 rings (SSSR count). The zero-order chi connectivity index (χ0) is 29.6. The van der Waals surface area contributed by atoms with Crippen LogP contribution in [0.15, 0.2) is 77.5 Å². The van der Waals surface area contributed by atoms with E-state index in [1.165, 1.54) is 6.07 Å². The average Bonchev–Trinajstić information content (AvgIpc) is 3.41. The topological polar surface area (TPSA) is 71.7 Å². The van der Waals surface area contributed by atoms with Gasteiger partial charge in [0.25, 0.3) is 0 Å². The first kappa shape index (κ1) is 32.9. The molecule has 0 radical (unpaired) electrons. The Labute approximate surface area is 280 Å². The number of ether oxygens (including phenoxy) is 1. The number of aryl methyl sites for hydroxylation is 2. The molecule has 0 bridgehead atoms. The zero-order valence-electron chi connectivity index (χ0n) is 24.3.